The normalized spacial score (nSPS) is 19.4. The van der Waals surface area contributed by atoms with Crippen molar-refractivity contribution in [3.8, 4) is 0 Å². The largest absolute Gasteiger partial charge is 0.393 e. The Morgan fingerprint density at radius 3 is 2.35 bits per heavy atom. The average molecular weight is 256 g/mol. The molecule has 1 saturated heterocycles. The van der Waals surface area contributed by atoms with E-state index in [-0.39, 0.29) is 0 Å². The van der Waals surface area contributed by atoms with Gasteiger partial charge < -0.3 is 15.6 Å². The van der Waals surface area contributed by atoms with E-state index in [0.29, 0.717) is 0 Å². The van der Waals surface area contributed by atoms with Gasteiger partial charge in [0.1, 0.15) is 0 Å². The molecule has 4 nitrogen and oxygen atoms in total. The number of thioether (sulfide) groups is 1. The zero-order valence-electron chi connectivity index (χ0n) is 11.1. The fraction of sp³-hybridized carbons (Fsp3) is 0.750. The maximum atomic E-state index is 8.10. The Kier molecular flexibility index (Phi) is 6.62. The van der Waals surface area contributed by atoms with Gasteiger partial charge in [-0.05, 0) is 12.8 Å². The minimum atomic E-state index is 0.719. The van der Waals surface area contributed by atoms with Gasteiger partial charge in [0, 0.05) is 50.9 Å². The molecular formula is C12H24N4S. The Bertz CT molecular complexity index is 270. The van der Waals surface area contributed by atoms with Crippen molar-refractivity contribution >= 4 is 17.5 Å². The first kappa shape index (κ1) is 14.5. The summed E-state index contributed by atoms with van der Waals surface area (Å²) in [5, 5.41) is 11.1. The molecule has 17 heavy (non-hydrogen) atoms. The quantitative estimate of drug-likeness (QED) is 0.698. The second-order valence-corrected chi connectivity index (χ2v) is 5.04. The van der Waals surface area contributed by atoms with Gasteiger partial charge in [-0.25, -0.2) is 0 Å². The first-order valence-corrected chi connectivity index (χ1v) is 7.37. The number of rotatable bonds is 6. The zero-order chi connectivity index (χ0) is 12.7. The van der Waals surface area contributed by atoms with E-state index in [1.165, 1.54) is 0 Å². The highest BCUT2D eigenvalue weighted by Crippen LogP contribution is 2.13. The van der Waals surface area contributed by atoms with Crippen molar-refractivity contribution in [3.05, 3.63) is 11.1 Å². The van der Waals surface area contributed by atoms with Gasteiger partial charge in [-0.15, -0.1) is 11.8 Å². The Labute approximate surface area is 109 Å². The molecule has 0 aromatic heterocycles. The molecule has 0 unspecified atom stereocenters. The van der Waals surface area contributed by atoms with Gasteiger partial charge >= 0.3 is 0 Å². The third kappa shape index (κ3) is 4.69. The molecule has 98 valence electrons. The Morgan fingerprint density at radius 1 is 1.29 bits per heavy atom. The van der Waals surface area contributed by atoms with Crippen molar-refractivity contribution in [2.24, 2.45) is 0 Å². The van der Waals surface area contributed by atoms with Crippen molar-refractivity contribution < 1.29 is 0 Å². The Morgan fingerprint density at radius 2 is 1.88 bits per heavy atom. The fourth-order valence-electron chi connectivity index (χ4n) is 1.97. The lowest BCUT2D eigenvalue weighted by atomic mass is 10.2. The summed E-state index contributed by atoms with van der Waals surface area (Å²) < 4.78 is 0. The van der Waals surface area contributed by atoms with Crippen LogP contribution >= 0.6 is 11.8 Å². The Hall–Kier alpha value is -0.520. The van der Waals surface area contributed by atoms with Crippen LogP contribution < -0.4 is 5.32 Å². The van der Waals surface area contributed by atoms with Gasteiger partial charge in [-0.1, -0.05) is 6.92 Å². The minimum Gasteiger partial charge on any atom is -0.393 e. The van der Waals surface area contributed by atoms with Gasteiger partial charge in [-0.2, -0.15) is 0 Å². The monoisotopic (exact) mass is 256 g/mol. The molecule has 1 aliphatic rings. The second kappa shape index (κ2) is 7.74. The fourth-order valence-corrected chi connectivity index (χ4v) is 2.51. The molecule has 0 aliphatic carbocycles. The summed E-state index contributed by atoms with van der Waals surface area (Å²) in [5.74, 6) is 0. The number of likely N-dealkylation sites (N-methyl/N-ethyl adjacent to an activating group) is 1. The summed E-state index contributed by atoms with van der Waals surface area (Å²) in [6, 6.07) is 0. The molecule has 1 fully saturated rings. The second-order valence-electron chi connectivity index (χ2n) is 4.19. The lowest BCUT2D eigenvalue weighted by Crippen LogP contribution is -2.47. The maximum Gasteiger partial charge on any atom is 0.0604 e. The molecule has 1 heterocycles. The van der Waals surface area contributed by atoms with Crippen LogP contribution in [0.4, 0.5) is 0 Å². The third-order valence-electron chi connectivity index (χ3n) is 3.09. The molecule has 0 aromatic carbocycles. The van der Waals surface area contributed by atoms with Crippen LogP contribution in [0, 0.1) is 5.41 Å². The van der Waals surface area contributed by atoms with E-state index in [4.69, 9.17) is 5.41 Å². The molecule has 5 heteroatoms. The number of nitrogens with one attached hydrogen (secondary N) is 2. The predicted molar refractivity (Wildman–Crippen MR) is 76.9 cm³/mol. The molecule has 1 rings (SSSR count). The molecule has 2 N–H and O–H groups in total. The summed E-state index contributed by atoms with van der Waals surface area (Å²) >= 11 is 1.63. The van der Waals surface area contributed by atoms with Crippen molar-refractivity contribution in [1.29, 1.82) is 5.41 Å². The molecule has 0 amide bonds. The smallest absolute Gasteiger partial charge is 0.0604 e. The molecule has 0 bridgehead atoms. The summed E-state index contributed by atoms with van der Waals surface area (Å²) in [6.07, 6.45) is 3.93. The van der Waals surface area contributed by atoms with E-state index in [1.807, 2.05) is 19.5 Å². The zero-order valence-corrected chi connectivity index (χ0v) is 11.9. The lowest BCUT2D eigenvalue weighted by molar-refractivity contribution is 0.151. The summed E-state index contributed by atoms with van der Waals surface area (Å²) in [7, 11) is 1.88. The van der Waals surface area contributed by atoms with Crippen LogP contribution in [0.2, 0.25) is 0 Å². The first-order chi connectivity index (χ1) is 8.21. The van der Waals surface area contributed by atoms with Gasteiger partial charge in [0.15, 0.2) is 0 Å². The molecule has 1 aliphatic heterocycles. The predicted octanol–water partition coefficient (Wildman–Crippen LogP) is 1.07. The number of hydrogen-bond donors (Lipinski definition) is 2. The van der Waals surface area contributed by atoms with Gasteiger partial charge in [0.2, 0.25) is 0 Å². The Balaban J connectivity index is 2.39. The average Bonchev–Trinajstić information content (AvgIpc) is 2.36. The van der Waals surface area contributed by atoms with Crippen molar-refractivity contribution in [2.45, 2.75) is 6.92 Å². The summed E-state index contributed by atoms with van der Waals surface area (Å²) in [4.78, 5) is 5.86. The van der Waals surface area contributed by atoms with E-state index in [9.17, 15) is 0 Å². The van der Waals surface area contributed by atoms with Crippen molar-refractivity contribution in [3.63, 3.8) is 0 Å². The highest BCUT2D eigenvalue weighted by Gasteiger charge is 2.17. The van der Waals surface area contributed by atoms with Gasteiger partial charge in [0.25, 0.3) is 0 Å². The molecule has 0 spiro atoms. The van der Waals surface area contributed by atoms with Crippen molar-refractivity contribution in [2.75, 3.05) is 52.6 Å². The van der Waals surface area contributed by atoms with E-state index in [2.05, 4.69) is 22.0 Å². The van der Waals surface area contributed by atoms with E-state index < -0.39 is 0 Å². The molecule has 0 radical (unpaired) electrons. The molecule has 0 saturated carbocycles. The van der Waals surface area contributed by atoms with Crippen LogP contribution in [-0.2, 0) is 0 Å². The maximum absolute atomic E-state index is 8.10. The number of piperazine rings is 1. The van der Waals surface area contributed by atoms with E-state index in [0.717, 1.165) is 49.9 Å². The molecule has 0 aromatic rings. The molecule has 0 atom stereocenters. The SMILES string of the molecule is CCN1CCN(CC(=N)/C(=C\NC)SC)CC1. The van der Waals surface area contributed by atoms with Crippen LogP contribution in [0.15, 0.2) is 11.1 Å². The van der Waals surface area contributed by atoms with Crippen molar-refractivity contribution in [1.82, 2.24) is 15.1 Å². The number of hydrogen-bond acceptors (Lipinski definition) is 5. The van der Waals surface area contributed by atoms with Gasteiger partial charge in [-0.3, -0.25) is 4.90 Å². The van der Waals surface area contributed by atoms with E-state index >= 15 is 0 Å². The highest BCUT2D eigenvalue weighted by molar-refractivity contribution is 8.03. The van der Waals surface area contributed by atoms with Crippen LogP contribution in [0.3, 0.4) is 0 Å². The topological polar surface area (TPSA) is 42.4 Å². The van der Waals surface area contributed by atoms with Gasteiger partial charge in [0.05, 0.1) is 5.71 Å². The highest BCUT2D eigenvalue weighted by atomic mass is 32.2. The van der Waals surface area contributed by atoms with E-state index in [1.54, 1.807) is 11.8 Å². The summed E-state index contributed by atoms with van der Waals surface area (Å²) in [5.41, 5.74) is 0.719. The first-order valence-electron chi connectivity index (χ1n) is 6.15. The van der Waals surface area contributed by atoms with Crippen LogP contribution in [0.5, 0.6) is 0 Å². The molecular weight excluding hydrogens is 232 g/mol. The third-order valence-corrected chi connectivity index (χ3v) is 3.89. The lowest BCUT2D eigenvalue weighted by Gasteiger charge is -2.34. The number of nitrogens with zero attached hydrogens (tertiary/aromatic N) is 2. The summed E-state index contributed by atoms with van der Waals surface area (Å²) in [6.45, 7) is 8.54. The standard InChI is InChI=1S/C12H24N4S/c1-4-15-5-7-16(8-6-15)10-11(13)12(17-3)9-14-2/h9,13-14H,4-8,10H2,1-3H3/b12-9+,13-11?. The van der Waals surface area contributed by atoms with Crippen LogP contribution in [0.25, 0.3) is 0 Å². The van der Waals surface area contributed by atoms with Crippen LogP contribution in [-0.4, -0.2) is 68.1 Å². The van der Waals surface area contributed by atoms with Crippen LogP contribution in [0.1, 0.15) is 6.92 Å². The minimum absolute atomic E-state index is 0.719.